The third-order valence-corrected chi connectivity index (χ3v) is 20.9. The summed E-state index contributed by atoms with van der Waals surface area (Å²) in [5, 5.41) is 2.38. The zero-order chi connectivity index (χ0) is 70.0. The van der Waals surface area contributed by atoms with Crippen molar-refractivity contribution in [1.29, 1.82) is 0 Å². The first kappa shape index (κ1) is 61.9. The number of para-hydroxylation sites is 2. The molecule has 106 heavy (non-hydrogen) atoms. The van der Waals surface area contributed by atoms with E-state index in [-0.39, 0.29) is 24.0 Å². The van der Waals surface area contributed by atoms with Gasteiger partial charge >= 0.3 is 0 Å². The molecule has 6 heterocycles. The van der Waals surface area contributed by atoms with Crippen LogP contribution >= 0.6 is 0 Å². The van der Waals surface area contributed by atoms with Crippen molar-refractivity contribution in [3.05, 3.63) is 386 Å². The lowest BCUT2D eigenvalue weighted by atomic mass is 9.83. The molecule has 4 aromatic heterocycles. The Kier molecular flexibility index (Phi) is 15.3. The molecule has 0 N–H and O–H groups in total. The number of hydrogen-bond donors (Lipinski definition) is 0. The number of ether oxygens (including phenoxy) is 2. The molecule has 500 valence electrons. The van der Waals surface area contributed by atoms with E-state index in [4.69, 9.17) is 39.4 Å². The lowest BCUT2D eigenvalue weighted by Gasteiger charge is -2.23. The fourth-order valence-corrected chi connectivity index (χ4v) is 16.0. The van der Waals surface area contributed by atoms with Gasteiger partial charge in [0.1, 0.15) is 23.7 Å². The Bertz CT molecular complexity index is 6220. The third kappa shape index (κ3) is 10.9. The van der Waals surface area contributed by atoms with Gasteiger partial charge in [-0.05, 0) is 94.1 Å². The van der Waals surface area contributed by atoms with Gasteiger partial charge in [-0.15, -0.1) is 0 Å². The molecule has 4 atom stereocenters. The van der Waals surface area contributed by atoms with E-state index in [2.05, 4.69) is 270 Å². The van der Waals surface area contributed by atoms with Gasteiger partial charge in [0.25, 0.3) is 0 Å². The fraction of sp³-hybridized carbons (Fsp3) is 0.0417. The monoisotopic (exact) mass is 1360 g/mol. The van der Waals surface area contributed by atoms with Crippen LogP contribution in [0.2, 0.25) is 0 Å². The van der Waals surface area contributed by atoms with E-state index in [1.807, 2.05) is 103 Å². The van der Waals surface area contributed by atoms with Crippen LogP contribution in [-0.4, -0.2) is 39.0 Å². The number of nitrogens with zero attached hydrogens (tertiary/aromatic N) is 8. The smallest absolute Gasteiger partial charge is 0.164 e. The molecule has 0 saturated carbocycles. The van der Waals surface area contributed by atoms with Gasteiger partial charge in [-0.25, -0.2) is 29.9 Å². The summed E-state index contributed by atoms with van der Waals surface area (Å²) < 4.78 is 18.7. The molecular weight excluding hydrogens is 1300 g/mol. The predicted molar refractivity (Wildman–Crippen MR) is 425 cm³/mol. The number of aromatic nitrogens is 8. The van der Waals surface area contributed by atoms with Crippen LogP contribution in [0.25, 0.3) is 147 Å². The largest absolute Gasteiger partial charge is 0.484 e. The molecular formula is C96H64N8O2. The Morgan fingerprint density at radius 1 is 0.236 bits per heavy atom. The quantitative estimate of drug-likeness (QED) is 0.126. The minimum Gasteiger partial charge on any atom is -0.484 e. The van der Waals surface area contributed by atoms with Gasteiger partial charge < -0.3 is 18.6 Å². The maximum atomic E-state index is 7.00. The summed E-state index contributed by atoms with van der Waals surface area (Å²) in [7, 11) is 0. The lowest BCUT2D eigenvalue weighted by Crippen LogP contribution is -2.14. The SMILES string of the molecule is C1=CC2c3c(cccc3-c3nc(-c4ccccc4)nc(-c4ccc(-c5ccccc5)cc4)n3)OC2c2c1n(-c1cccc(-c3ccccc3)c1)c1ccccc21.C1=CC2c3c(cccc3-c3nc(-c4ccccc4)nc(-c4ccccc4)n3)OC2c2c1n(-c1cccc(-c3ccccc3)c1)c1ccccc21. The first-order valence-corrected chi connectivity index (χ1v) is 36.0. The molecule has 0 amide bonds. The van der Waals surface area contributed by atoms with E-state index < -0.39 is 0 Å². The van der Waals surface area contributed by atoms with Gasteiger partial charge in [-0.2, -0.15) is 0 Å². The molecule has 17 aromatic rings. The van der Waals surface area contributed by atoms with Crippen molar-refractivity contribution in [3.63, 3.8) is 0 Å². The molecule has 0 fully saturated rings. The zero-order valence-electron chi connectivity index (χ0n) is 57.3. The number of benzene rings is 13. The minimum atomic E-state index is -0.213. The van der Waals surface area contributed by atoms with Gasteiger partial charge in [0.05, 0.1) is 22.4 Å². The summed E-state index contributed by atoms with van der Waals surface area (Å²) in [6.07, 6.45) is 8.76. The second-order valence-corrected chi connectivity index (χ2v) is 27.1. The third-order valence-electron chi connectivity index (χ3n) is 20.9. The second-order valence-electron chi connectivity index (χ2n) is 27.1. The highest BCUT2D eigenvalue weighted by Crippen LogP contribution is 2.57. The highest BCUT2D eigenvalue weighted by Gasteiger charge is 2.44. The van der Waals surface area contributed by atoms with E-state index in [0.29, 0.717) is 34.9 Å². The van der Waals surface area contributed by atoms with Crippen molar-refractivity contribution in [2.45, 2.75) is 24.0 Å². The first-order chi connectivity index (χ1) is 52.6. The van der Waals surface area contributed by atoms with Crippen LogP contribution in [0.4, 0.5) is 0 Å². The normalized spacial score (nSPS) is 15.4. The van der Waals surface area contributed by atoms with Crippen LogP contribution in [0.5, 0.6) is 11.5 Å². The summed E-state index contributed by atoms with van der Waals surface area (Å²) >= 11 is 0. The van der Waals surface area contributed by atoms with Crippen LogP contribution in [-0.2, 0) is 0 Å². The summed E-state index contributed by atoms with van der Waals surface area (Å²) in [5.74, 6) is 5.48. The maximum Gasteiger partial charge on any atom is 0.164 e. The molecule has 4 unspecified atom stereocenters. The topological polar surface area (TPSA) is 106 Å². The van der Waals surface area contributed by atoms with Crippen molar-refractivity contribution in [1.82, 2.24) is 39.0 Å². The van der Waals surface area contributed by atoms with E-state index in [1.165, 1.54) is 49.7 Å². The van der Waals surface area contributed by atoms with Crippen LogP contribution in [0.1, 0.15) is 57.7 Å². The Hall–Kier alpha value is -14.0. The molecule has 10 heteroatoms. The van der Waals surface area contributed by atoms with Gasteiger partial charge in [0.15, 0.2) is 34.9 Å². The van der Waals surface area contributed by atoms with Crippen LogP contribution in [0, 0.1) is 0 Å². The summed E-state index contributed by atoms with van der Waals surface area (Å²) in [6.45, 7) is 0. The van der Waals surface area contributed by atoms with E-state index >= 15 is 0 Å². The summed E-state index contributed by atoms with van der Waals surface area (Å²) in [5.41, 5.74) is 24.2. The first-order valence-electron chi connectivity index (χ1n) is 36.0. The average Bonchev–Trinajstić information content (AvgIpc) is 1.56. The maximum absolute atomic E-state index is 7.00. The van der Waals surface area contributed by atoms with Gasteiger partial charge in [0.2, 0.25) is 0 Å². The molecule has 4 aliphatic rings. The summed E-state index contributed by atoms with van der Waals surface area (Å²) in [4.78, 5) is 30.4. The van der Waals surface area contributed by atoms with Crippen LogP contribution < -0.4 is 9.47 Å². The molecule has 0 bridgehead atoms. The predicted octanol–water partition coefficient (Wildman–Crippen LogP) is 23.1. The van der Waals surface area contributed by atoms with Gasteiger partial charge in [-0.3, -0.25) is 0 Å². The molecule has 0 radical (unpaired) electrons. The number of fused-ring (bicyclic) bond motifs is 14. The second kappa shape index (κ2) is 26.1. The zero-order valence-corrected chi connectivity index (χ0v) is 57.3. The average molecular weight is 1360 g/mol. The highest BCUT2D eigenvalue weighted by molar-refractivity contribution is 5.94. The van der Waals surface area contributed by atoms with Crippen molar-refractivity contribution in [2.24, 2.45) is 0 Å². The Balaban J connectivity index is 0.000000141. The summed E-state index contributed by atoms with van der Waals surface area (Å²) in [6, 6.07) is 118. The van der Waals surface area contributed by atoms with Crippen molar-refractivity contribution in [3.8, 4) is 125 Å². The molecule has 10 nitrogen and oxygen atoms in total. The number of hydrogen-bond acceptors (Lipinski definition) is 8. The van der Waals surface area contributed by atoms with E-state index in [0.717, 1.165) is 95.4 Å². The molecule has 13 aromatic carbocycles. The minimum absolute atomic E-state index is 0.0132. The fourth-order valence-electron chi connectivity index (χ4n) is 16.0. The van der Waals surface area contributed by atoms with E-state index in [9.17, 15) is 0 Å². The van der Waals surface area contributed by atoms with Gasteiger partial charge in [-0.1, -0.05) is 303 Å². The standard InChI is InChI=1S/C51H34N4O.C45H30N4O/c1-4-14-33(15-5-1)35-26-28-37(29-27-35)50-52-49(36-18-8-3-9-19-36)53-51(54-50)42-23-13-25-45-46(42)41-30-31-44-47(48(41)56-45)40-22-10-11-24-43(40)55(44)39-21-12-20-38(32-39)34-16-6-2-7-17-34;1-4-14-29(15-5-1)32-20-12-21-33(28-32)49-37-24-11-10-22-34(37)41-38(49)27-26-35-40-36(23-13-25-39(40)50-42(35)41)45-47-43(30-16-6-2-7-17-30)46-44(48-45)31-18-8-3-9-19-31/h1-32,41,48H;1-28,35,42H. The van der Waals surface area contributed by atoms with Crippen molar-refractivity contribution in [2.75, 3.05) is 0 Å². The van der Waals surface area contributed by atoms with Crippen LogP contribution in [0.3, 0.4) is 0 Å². The van der Waals surface area contributed by atoms with Crippen molar-refractivity contribution < 1.29 is 9.47 Å². The van der Waals surface area contributed by atoms with Crippen molar-refractivity contribution >= 4 is 34.0 Å². The Morgan fingerprint density at radius 3 is 0.915 bits per heavy atom. The highest BCUT2D eigenvalue weighted by atomic mass is 16.5. The molecule has 21 rings (SSSR count). The molecule has 2 aliphatic heterocycles. The lowest BCUT2D eigenvalue weighted by molar-refractivity contribution is 0.224. The van der Waals surface area contributed by atoms with Crippen LogP contribution in [0.15, 0.2) is 352 Å². The van der Waals surface area contributed by atoms with Gasteiger partial charge in [0, 0.05) is 89.6 Å². The molecule has 2 aliphatic carbocycles. The molecule has 0 saturated heterocycles. The molecule has 0 spiro atoms. The number of rotatable bonds is 11. The van der Waals surface area contributed by atoms with E-state index in [1.54, 1.807) is 0 Å². The Morgan fingerprint density at radius 2 is 0.528 bits per heavy atom. The Labute approximate surface area is 613 Å².